The zero-order valence-electron chi connectivity index (χ0n) is 41.6. The van der Waals surface area contributed by atoms with Crippen molar-refractivity contribution in [3.05, 3.63) is 12.2 Å². The van der Waals surface area contributed by atoms with Gasteiger partial charge in [0.25, 0.3) is 0 Å². The van der Waals surface area contributed by atoms with E-state index in [1.165, 1.54) is 180 Å². The summed E-state index contributed by atoms with van der Waals surface area (Å²) >= 11 is 0. The summed E-state index contributed by atoms with van der Waals surface area (Å²) in [6.45, 7) is 4.01. The van der Waals surface area contributed by atoms with E-state index >= 15 is 0 Å². The molecule has 65 heavy (non-hydrogen) atoms. The summed E-state index contributed by atoms with van der Waals surface area (Å²) in [6.07, 6.45) is 41.1. The minimum atomic E-state index is -5.06. The zero-order valence-corrected chi connectivity index (χ0v) is 42.4. The molecule has 1 saturated heterocycles. The molecule has 0 aromatic carbocycles. The molecule has 0 aliphatic carbocycles. The maximum Gasteiger partial charge on any atom is 0.397 e. The van der Waals surface area contributed by atoms with Crippen molar-refractivity contribution >= 4 is 16.4 Å². The molecular formula is C52H100O12S. The van der Waals surface area contributed by atoms with E-state index in [0.29, 0.717) is 13.0 Å². The number of ether oxygens (including phenoxy) is 4. The van der Waals surface area contributed by atoms with Crippen LogP contribution in [0.1, 0.15) is 251 Å². The number of hydrogen-bond acceptors (Lipinski definition) is 11. The Morgan fingerprint density at radius 3 is 1.40 bits per heavy atom. The van der Waals surface area contributed by atoms with E-state index in [1.807, 2.05) is 0 Å². The number of allylic oxidation sites excluding steroid dienone is 2. The lowest BCUT2D eigenvalue weighted by molar-refractivity contribution is -0.301. The normalized spacial score (nSPS) is 19.6. The van der Waals surface area contributed by atoms with Crippen molar-refractivity contribution in [2.24, 2.45) is 0 Å². The Hall–Kier alpha value is -1.16. The maximum atomic E-state index is 12.9. The summed E-state index contributed by atoms with van der Waals surface area (Å²) in [5, 5.41) is 30.8. The van der Waals surface area contributed by atoms with Gasteiger partial charge in [-0.05, 0) is 38.5 Å². The quantitative estimate of drug-likeness (QED) is 0.0197. The topological polar surface area (TPSA) is 178 Å². The van der Waals surface area contributed by atoms with Crippen LogP contribution in [0.5, 0.6) is 0 Å². The third-order valence-electron chi connectivity index (χ3n) is 12.6. The molecule has 1 aliphatic rings. The molecule has 0 amide bonds. The van der Waals surface area contributed by atoms with Crippen LogP contribution in [-0.4, -0.2) is 97.5 Å². The minimum absolute atomic E-state index is 0.0375. The molecule has 6 unspecified atom stereocenters. The molecule has 1 rings (SSSR count). The SMILES string of the molecule is CCCCCC/C=C\CCCCCCCCOCC(COC1OC(CO)C(O)C(OS(=O)(=O)O)C1O)OC(=O)CCCCCCCCCCCCCCCCCCCCCCCCCC. The van der Waals surface area contributed by atoms with Crippen LogP contribution in [0.25, 0.3) is 0 Å². The van der Waals surface area contributed by atoms with E-state index < -0.39 is 59.8 Å². The van der Waals surface area contributed by atoms with Crippen molar-refractivity contribution in [3.8, 4) is 0 Å². The molecule has 386 valence electrons. The molecule has 1 heterocycles. The predicted molar refractivity (Wildman–Crippen MR) is 262 cm³/mol. The number of aliphatic hydroxyl groups is 3. The fourth-order valence-corrected chi connectivity index (χ4v) is 9.06. The number of aliphatic hydroxyl groups excluding tert-OH is 3. The second-order valence-electron chi connectivity index (χ2n) is 18.8. The Labute approximate surface area is 398 Å². The molecular weight excluding hydrogens is 849 g/mol. The Balaban J connectivity index is 2.29. The van der Waals surface area contributed by atoms with E-state index in [1.54, 1.807) is 0 Å². The Morgan fingerprint density at radius 1 is 0.569 bits per heavy atom. The second kappa shape index (κ2) is 44.1. The Bertz CT molecular complexity index is 1190. The van der Waals surface area contributed by atoms with Crippen LogP contribution in [0.3, 0.4) is 0 Å². The Kier molecular flexibility index (Phi) is 41.9. The van der Waals surface area contributed by atoms with Gasteiger partial charge in [0.15, 0.2) is 6.29 Å². The largest absolute Gasteiger partial charge is 0.457 e. The number of hydrogen-bond donors (Lipinski definition) is 4. The number of esters is 1. The molecule has 1 aliphatic heterocycles. The van der Waals surface area contributed by atoms with Gasteiger partial charge in [0, 0.05) is 13.0 Å². The van der Waals surface area contributed by atoms with E-state index in [-0.39, 0.29) is 19.6 Å². The molecule has 0 bridgehead atoms. The summed E-state index contributed by atoms with van der Waals surface area (Å²) in [5.74, 6) is -0.395. The van der Waals surface area contributed by atoms with Crippen LogP contribution in [0.15, 0.2) is 12.2 Å². The van der Waals surface area contributed by atoms with Gasteiger partial charge in [0.1, 0.15) is 30.5 Å². The van der Waals surface area contributed by atoms with Gasteiger partial charge in [-0.25, -0.2) is 4.18 Å². The predicted octanol–water partition coefficient (Wildman–Crippen LogP) is 12.6. The first-order valence-corrected chi connectivity index (χ1v) is 28.3. The molecule has 0 aromatic heterocycles. The fourth-order valence-electron chi connectivity index (χ4n) is 8.55. The van der Waals surface area contributed by atoms with Gasteiger partial charge < -0.3 is 34.3 Å². The van der Waals surface area contributed by atoms with Crippen molar-refractivity contribution in [3.63, 3.8) is 0 Å². The van der Waals surface area contributed by atoms with Crippen LogP contribution in [0.2, 0.25) is 0 Å². The first-order valence-electron chi connectivity index (χ1n) is 26.9. The third kappa shape index (κ3) is 37.4. The lowest BCUT2D eigenvalue weighted by atomic mass is 9.99. The van der Waals surface area contributed by atoms with Crippen LogP contribution in [0, 0.1) is 0 Å². The van der Waals surface area contributed by atoms with Crippen LogP contribution >= 0.6 is 0 Å². The highest BCUT2D eigenvalue weighted by Crippen LogP contribution is 2.26. The van der Waals surface area contributed by atoms with E-state index in [4.69, 9.17) is 18.9 Å². The van der Waals surface area contributed by atoms with Crippen LogP contribution < -0.4 is 0 Å². The zero-order chi connectivity index (χ0) is 47.5. The molecule has 1 fully saturated rings. The summed E-state index contributed by atoms with van der Waals surface area (Å²) in [6, 6.07) is 0. The number of unbranched alkanes of at least 4 members (excludes halogenated alkanes) is 33. The maximum absolute atomic E-state index is 12.9. The number of rotatable bonds is 48. The van der Waals surface area contributed by atoms with Crippen LogP contribution in [0.4, 0.5) is 0 Å². The molecule has 13 heteroatoms. The highest BCUT2D eigenvalue weighted by Gasteiger charge is 2.48. The van der Waals surface area contributed by atoms with Gasteiger partial charge in [0.05, 0.1) is 19.8 Å². The van der Waals surface area contributed by atoms with E-state index in [2.05, 4.69) is 30.2 Å². The lowest BCUT2D eigenvalue weighted by Crippen LogP contribution is -2.60. The Morgan fingerprint density at radius 2 is 0.969 bits per heavy atom. The van der Waals surface area contributed by atoms with Crippen molar-refractivity contribution in [2.45, 2.75) is 288 Å². The molecule has 12 nitrogen and oxygen atoms in total. The van der Waals surface area contributed by atoms with Crippen molar-refractivity contribution in [1.82, 2.24) is 0 Å². The van der Waals surface area contributed by atoms with Gasteiger partial charge in [-0.2, -0.15) is 8.42 Å². The highest BCUT2D eigenvalue weighted by atomic mass is 32.3. The molecule has 0 spiro atoms. The standard InChI is InChI=1S/C52H100O12S/c1-3-5-7-9-11-13-15-17-19-20-21-22-23-24-25-26-27-28-29-31-33-35-37-39-41-48(54)62-46(44-60-42-40-38-36-34-32-30-18-16-14-12-10-8-6-4-2)45-61-52-50(56)51(64-65(57,58)59)49(55)47(43-53)63-52/h14,16,46-47,49-53,55-56H,3-13,15,17-45H2,1-2H3,(H,57,58,59)/b16-14-. The first kappa shape index (κ1) is 61.9. The molecule has 0 saturated carbocycles. The van der Waals surface area contributed by atoms with Gasteiger partial charge >= 0.3 is 16.4 Å². The average Bonchev–Trinajstić information content (AvgIpc) is 3.28. The van der Waals surface area contributed by atoms with Crippen LogP contribution in [-0.2, 0) is 38.3 Å². The second-order valence-corrected chi connectivity index (χ2v) is 19.9. The minimum Gasteiger partial charge on any atom is -0.457 e. The van der Waals surface area contributed by atoms with Crippen molar-refractivity contribution in [2.75, 3.05) is 26.4 Å². The number of carbonyl (C=O) groups excluding carboxylic acids is 1. The van der Waals surface area contributed by atoms with Crippen molar-refractivity contribution < 1.29 is 56.2 Å². The molecule has 4 N–H and O–H groups in total. The monoisotopic (exact) mass is 949 g/mol. The summed E-state index contributed by atoms with van der Waals surface area (Å²) < 4.78 is 59.3. The molecule has 0 radical (unpaired) electrons. The fraction of sp³-hybridized carbons (Fsp3) is 0.942. The third-order valence-corrected chi connectivity index (χ3v) is 13.1. The molecule has 6 atom stereocenters. The summed E-state index contributed by atoms with van der Waals surface area (Å²) in [7, 11) is -5.06. The number of carbonyl (C=O) groups is 1. The highest BCUT2D eigenvalue weighted by molar-refractivity contribution is 7.80. The van der Waals surface area contributed by atoms with E-state index in [9.17, 15) is 33.1 Å². The first-order chi connectivity index (χ1) is 31.6. The van der Waals surface area contributed by atoms with Gasteiger partial charge in [0.2, 0.25) is 0 Å². The average molecular weight is 949 g/mol. The lowest BCUT2D eigenvalue weighted by Gasteiger charge is -2.41. The summed E-state index contributed by atoms with van der Waals surface area (Å²) in [4.78, 5) is 12.9. The van der Waals surface area contributed by atoms with E-state index in [0.717, 1.165) is 44.9 Å². The van der Waals surface area contributed by atoms with Gasteiger partial charge in [-0.15, -0.1) is 0 Å². The van der Waals surface area contributed by atoms with Gasteiger partial charge in [-0.3, -0.25) is 9.35 Å². The smallest absolute Gasteiger partial charge is 0.397 e. The summed E-state index contributed by atoms with van der Waals surface area (Å²) in [5.41, 5.74) is 0. The van der Waals surface area contributed by atoms with Crippen molar-refractivity contribution in [1.29, 1.82) is 0 Å². The van der Waals surface area contributed by atoms with Gasteiger partial charge in [-0.1, -0.05) is 219 Å². The molecule has 0 aromatic rings.